The van der Waals surface area contributed by atoms with Crippen LogP contribution >= 0.6 is 0 Å². The largest absolute Gasteiger partial charge is 0.309 e. The minimum absolute atomic E-state index is 0.143. The molecule has 2 unspecified atom stereocenters. The fourth-order valence-electron chi connectivity index (χ4n) is 1.98. The van der Waals surface area contributed by atoms with Crippen LogP contribution in [0, 0.1) is 0 Å². The number of nitrogens with one attached hydrogen (secondary N) is 1. The first-order valence-corrected chi connectivity index (χ1v) is 8.36. The maximum absolute atomic E-state index is 11.7. The molecule has 1 aromatic rings. The van der Waals surface area contributed by atoms with Gasteiger partial charge in [0.1, 0.15) is 0 Å². The van der Waals surface area contributed by atoms with Gasteiger partial charge in [0.25, 0.3) is 0 Å². The van der Waals surface area contributed by atoms with E-state index in [0.717, 1.165) is 18.5 Å². The molecule has 0 saturated carbocycles. The van der Waals surface area contributed by atoms with E-state index in [9.17, 15) is 8.42 Å². The van der Waals surface area contributed by atoms with Gasteiger partial charge >= 0.3 is 0 Å². The zero-order valence-electron chi connectivity index (χ0n) is 11.6. The predicted molar refractivity (Wildman–Crippen MR) is 76.5 cm³/mol. The first kappa shape index (κ1) is 15.2. The molecule has 0 spiro atoms. The monoisotopic (exact) mass is 269 g/mol. The summed E-state index contributed by atoms with van der Waals surface area (Å²) in [4.78, 5) is 0. The van der Waals surface area contributed by atoms with Gasteiger partial charge in [-0.05, 0) is 31.0 Å². The second-order valence-corrected chi connectivity index (χ2v) is 7.07. The van der Waals surface area contributed by atoms with Gasteiger partial charge in [-0.15, -0.1) is 0 Å². The van der Waals surface area contributed by atoms with Crippen LogP contribution in [0.5, 0.6) is 0 Å². The first-order valence-electron chi connectivity index (χ1n) is 6.41. The van der Waals surface area contributed by atoms with E-state index < -0.39 is 15.1 Å². The second kappa shape index (κ2) is 6.34. The van der Waals surface area contributed by atoms with E-state index in [1.165, 1.54) is 11.8 Å². The average Bonchev–Trinajstić information content (AvgIpc) is 2.34. The highest BCUT2D eigenvalue weighted by molar-refractivity contribution is 7.91. The molecule has 0 amide bonds. The molecular formula is C14H23NO2S. The van der Waals surface area contributed by atoms with E-state index in [0.29, 0.717) is 0 Å². The van der Waals surface area contributed by atoms with E-state index in [4.69, 9.17) is 0 Å². The van der Waals surface area contributed by atoms with Crippen molar-refractivity contribution >= 4 is 9.84 Å². The summed E-state index contributed by atoms with van der Waals surface area (Å²) in [5, 5.41) is 2.84. The minimum atomic E-state index is -3.05. The molecule has 102 valence electrons. The average molecular weight is 269 g/mol. The van der Waals surface area contributed by atoms with Gasteiger partial charge in [-0.3, -0.25) is 0 Å². The Kier molecular flexibility index (Phi) is 5.35. The summed E-state index contributed by atoms with van der Waals surface area (Å²) in [5.74, 6) is 0. The molecule has 0 aliphatic heterocycles. The highest BCUT2D eigenvalue weighted by atomic mass is 32.2. The molecule has 4 heteroatoms. The third kappa shape index (κ3) is 3.82. The molecular weight excluding hydrogens is 246 g/mol. The van der Waals surface area contributed by atoms with Crippen LogP contribution in [0.1, 0.15) is 37.9 Å². The van der Waals surface area contributed by atoms with Gasteiger partial charge in [0, 0.05) is 12.3 Å². The van der Waals surface area contributed by atoms with Gasteiger partial charge < -0.3 is 5.32 Å². The van der Waals surface area contributed by atoms with Crippen LogP contribution in [0.2, 0.25) is 0 Å². The van der Waals surface area contributed by atoms with Crippen molar-refractivity contribution in [3.8, 4) is 0 Å². The molecule has 1 N–H and O–H groups in total. The van der Waals surface area contributed by atoms with Crippen molar-refractivity contribution in [2.75, 3.05) is 12.8 Å². The molecule has 0 aromatic heterocycles. The van der Waals surface area contributed by atoms with E-state index in [2.05, 4.69) is 24.4 Å². The first-order chi connectivity index (χ1) is 8.40. The third-order valence-electron chi connectivity index (χ3n) is 3.32. The van der Waals surface area contributed by atoms with Crippen LogP contribution < -0.4 is 5.32 Å². The van der Waals surface area contributed by atoms with Crippen molar-refractivity contribution in [3.63, 3.8) is 0 Å². The highest BCUT2D eigenvalue weighted by Crippen LogP contribution is 2.22. The summed E-state index contributed by atoms with van der Waals surface area (Å²) in [6.07, 6.45) is 2.29. The summed E-state index contributed by atoms with van der Waals surface area (Å²) in [7, 11) is -3.05. The highest BCUT2D eigenvalue weighted by Gasteiger charge is 2.26. The summed E-state index contributed by atoms with van der Waals surface area (Å²) < 4.78 is 23.4. The Balaban J connectivity index is 3.03. The Morgan fingerprint density at radius 1 is 1.17 bits per heavy atom. The smallest absolute Gasteiger partial charge is 0.151 e. The van der Waals surface area contributed by atoms with Gasteiger partial charge in [0.05, 0.1) is 5.25 Å². The van der Waals surface area contributed by atoms with Crippen molar-refractivity contribution < 1.29 is 8.42 Å². The molecule has 0 aliphatic rings. The number of sulfone groups is 1. The summed E-state index contributed by atoms with van der Waals surface area (Å²) >= 11 is 0. The van der Waals surface area contributed by atoms with E-state index in [-0.39, 0.29) is 6.04 Å². The van der Waals surface area contributed by atoms with Crippen LogP contribution in [0.15, 0.2) is 24.3 Å². The molecule has 0 fully saturated rings. The number of benzene rings is 1. The zero-order chi connectivity index (χ0) is 13.8. The van der Waals surface area contributed by atoms with Crippen molar-refractivity contribution in [2.45, 2.75) is 38.5 Å². The third-order valence-corrected chi connectivity index (χ3v) is 4.94. The molecule has 0 saturated heterocycles. The lowest BCUT2D eigenvalue weighted by molar-refractivity contribution is 0.513. The summed E-state index contributed by atoms with van der Waals surface area (Å²) in [5.41, 5.74) is 2.30. The molecule has 1 rings (SSSR count). The number of rotatable bonds is 6. The Bertz CT molecular complexity index is 465. The maximum atomic E-state index is 11.7. The summed E-state index contributed by atoms with van der Waals surface area (Å²) in [6, 6.07) is 8.03. The van der Waals surface area contributed by atoms with Gasteiger partial charge in [-0.1, -0.05) is 38.1 Å². The Labute approximate surface area is 111 Å². The van der Waals surface area contributed by atoms with Crippen LogP contribution in [-0.4, -0.2) is 26.5 Å². The molecule has 0 heterocycles. The van der Waals surface area contributed by atoms with Crippen molar-refractivity contribution in [3.05, 3.63) is 35.4 Å². The van der Waals surface area contributed by atoms with Gasteiger partial charge in [0.15, 0.2) is 9.84 Å². The quantitative estimate of drug-likeness (QED) is 0.862. The molecule has 0 bridgehead atoms. The maximum Gasteiger partial charge on any atom is 0.151 e. The van der Waals surface area contributed by atoms with Crippen LogP contribution in [0.25, 0.3) is 0 Å². The molecule has 0 aliphatic carbocycles. The summed E-state index contributed by atoms with van der Waals surface area (Å²) in [6.45, 7) is 6.61. The standard InChI is InChI=1S/C14H23NO2S/c1-5-12-7-9-13(10-8-12)14(15-6-2)11(3)18(4,16)17/h7-11,14-15H,5-6H2,1-4H3. The van der Waals surface area contributed by atoms with Gasteiger partial charge in [0.2, 0.25) is 0 Å². The lowest BCUT2D eigenvalue weighted by Crippen LogP contribution is -2.34. The molecule has 3 nitrogen and oxygen atoms in total. The number of hydrogen-bond donors (Lipinski definition) is 1. The number of hydrogen-bond acceptors (Lipinski definition) is 3. The molecule has 0 radical (unpaired) electrons. The second-order valence-electron chi connectivity index (χ2n) is 4.67. The lowest BCUT2D eigenvalue weighted by Gasteiger charge is -2.24. The normalized spacial score (nSPS) is 15.3. The Morgan fingerprint density at radius 3 is 2.11 bits per heavy atom. The van der Waals surface area contributed by atoms with Gasteiger partial charge in [-0.2, -0.15) is 0 Å². The van der Waals surface area contributed by atoms with E-state index >= 15 is 0 Å². The van der Waals surface area contributed by atoms with Crippen LogP contribution in [0.3, 0.4) is 0 Å². The van der Waals surface area contributed by atoms with Crippen molar-refractivity contribution in [1.29, 1.82) is 0 Å². The zero-order valence-corrected chi connectivity index (χ0v) is 12.4. The Hall–Kier alpha value is -0.870. The van der Waals surface area contributed by atoms with Gasteiger partial charge in [-0.25, -0.2) is 8.42 Å². The van der Waals surface area contributed by atoms with E-state index in [1.807, 2.05) is 19.1 Å². The van der Waals surface area contributed by atoms with Crippen molar-refractivity contribution in [2.24, 2.45) is 0 Å². The Morgan fingerprint density at radius 2 is 1.72 bits per heavy atom. The number of aryl methyl sites for hydroxylation is 1. The van der Waals surface area contributed by atoms with Crippen molar-refractivity contribution in [1.82, 2.24) is 5.32 Å². The molecule has 1 aromatic carbocycles. The topological polar surface area (TPSA) is 46.2 Å². The molecule has 18 heavy (non-hydrogen) atoms. The van der Waals surface area contributed by atoms with Crippen LogP contribution in [-0.2, 0) is 16.3 Å². The molecule has 2 atom stereocenters. The predicted octanol–water partition coefficient (Wildman–Crippen LogP) is 2.33. The lowest BCUT2D eigenvalue weighted by atomic mass is 10.0. The minimum Gasteiger partial charge on any atom is -0.309 e. The SMILES string of the molecule is CCNC(c1ccc(CC)cc1)C(C)S(C)(=O)=O. The van der Waals surface area contributed by atoms with E-state index in [1.54, 1.807) is 6.92 Å². The van der Waals surface area contributed by atoms with Crippen LogP contribution in [0.4, 0.5) is 0 Å². The fraction of sp³-hybridized carbons (Fsp3) is 0.571. The fourth-order valence-corrected chi connectivity index (χ4v) is 2.73.